The molecule has 0 aromatic heterocycles. The van der Waals surface area contributed by atoms with Gasteiger partial charge in [0.2, 0.25) is 41.4 Å². The van der Waals surface area contributed by atoms with E-state index in [4.69, 9.17) is 22.3 Å². The van der Waals surface area contributed by atoms with Gasteiger partial charge in [0.15, 0.2) is 11.9 Å². The number of nitrogens with two attached hydrogens (primary N) is 2. The lowest BCUT2D eigenvalue weighted by atomic mass is 10.0. The molecule has 1 fully saturated rings. The van der Waals surface area contributed by atoms with Crippen molar-refractivity contribution in [3.63, 3.8) is 0 Å². The van der Waals surface area contributed by atoms with Crippen LogP contribution in [0.2, 0.25) is 0 Å². The van der Waals surface area contributed by atoms with Gasteiger partial charge in [0.1, 0.15) is 42.0 Å². The molecule has 2 aromatic carbocycles. The van der Waals surface area contributed by atoms with Gasteiger partial charge < -0.3 is 63.7 Å². The number of phenolic OH excluding ortho intramolecular Hbond substituents is 2. The first-order valence-corrected chi connectivity index (χ1v) is 19.5. The molecule has 1 aliphatic heterocycles. The Bertz CT molecular complexity index is 1910. The molecule has 0 aliphatic carbocycles. The van der Waals surface area contributed by atoms with Gasteiger partial charge >= 0.3 is 0 Å². The first-order chi connectivity index (χ1) is 29.0. The smallest absolute Gasteiger partial charge is 0.244 e. The Morgan fingerprint density at radius 2 is 1.20 bits per heavy atom. The standard InChI is InChI=1S/C39H54N12O10/c1-22-18-32(56)51(37(22)61)30(20-24-8-12-26(54)13-9-24)36(60)50-29(19-23-6-10-25(53)11-7-23)35(59)49-28(5-3-15-46-39(42)43)34(58)48-27(4-2-14-45-38(40)41)33(57)47-21-31(55)44-16-17-52/h6-13,17,22,27-30,53-54H,2-5,14-16,18-21H2,1H3,(H,44,55)(H,47,57)(H,48,58)(H,49,59)(H,50,60)(H4,40,41,45)(H4,42,43,46)/t22-,27?,28-,29?,30-/m0/s1. The number of hydrogen-bond acceptors (Lipinski definition) is 12. The van der Waals surface area contributed by atoms with Crippen LogP contribution in [-0.4, -0.2) is 125 Å². The van der Waals surface area contributed by atoms with Crippen molar-refractivity contribution in [3.05, 3.63) is 59.7 Å². The molecule has 7 amide bonds. The highest BCUT2D eigenvalue weighted by Crippen LogP contribution is 2.24. The van der Waals surface area contributed by atoms with E-state index in [9.17, 15) is 48.6 Å². The lowest BCUT2D eigenvalue weighted by Crippen LogP contribution is -2.59. The monoisotopic (exact) mass is 850 g/mol. The van der Waals surface area contributed by atoms with Crippen molar-refractivity contribution in [3.8, 4) is 11.5 Å². The van der Waals surface area contributed by atoms with Crippen molar-refractivity contribution in [2.45, 2.75) is 76.0 Å². The number of rotatable bonds is 24. The number of hydrogen-bond donors (Lipinski definition) is 13. The van der Waals surface area contributed by atoms with Crippen molar-refractivity contribution >= 4 is 59.6 Å². The lowest BCUT2D eigenvalue weighted by Gasteiger charge is -2.29. The quantitative estimate of drug-likeness (QED) is 0.0165. The predicted octanol–water partition coefficient (Wildman–Crippen LogP) is -2.94. The van der Waals surface area contributed by atoms with E-state index in [2.05, 4.69) is 37.2 Å². The summed E-state index contributed by atoms with van der Waals surface area (Å²) in [6.45, 7) is 0.992. The third-order valence-corrected chi connectivity index (χ3v) is 9.44. The molecule has 61 heavy (non-hydrogen) atoms. The maximum absolute atomic E-state index is 14.3. The minimum absolute atomic E-state index is 0.0190. The summed E-state index contributed by atoms with van der Waals surface area (Å²) in [7, 11) is 0. The number of amides is 7. The van der Waals surface area contributed by atoms with E-state index in [1.807, 2.05) is 0 Å². The topological polar surface area (TPSA) is 364 Å². The van der Waals surface area contributed by atoms with Gasteiger partial charge in [0.25, 0.3) is 0 Å². The molecular formula is C39H54N12O10. The molecule has 15 N–H and O–H groups in total. The molecule has 0 bridgehead atoms. The largest absolute Gasteiger partial charge is 0.508 e. The van der Waals surface area contributed by atoms with Gasteiger partial charge in [-0.25, -0.2) is 0 Å². The number of guanidine groups is 2. The molecular weight excluding hydrogens is 797 g/mol. The molecule has 1 aliphatic rings. The van der Waals surface area contributed by atoms with Crippen molar-refractivity contribution in [2.24, 2.45) is 17.4 Å². The van der Waals surface area contributed by atoms with E-state index in [0.29, 0.717) is 17.4 Å². The molecule has 0 spiro atoms. The summed E-state index contributed by atoms with van der Waals surface area (Å²) in [4.78, 5) is 106. The summed E-state index contributed by atoms with van der Waals surface area (Å²) in [6, 6.07) is 6.02. The lowest BCUT2D eigenvalue weighted by molar-refractivity contribution is -0.147. The van der Waals surface area contributed by atoms with Crippen LogP contribution in [-0.2, 0) is 51.2 Å². The molecule has 330 valence electrons. The number of likely N-dealkylation sites (tertiary alicyclic amines) is 1. The number of imide groups is 1. The average molecular weight is 851 g/mol. The fraction of sp³-hybridized carbons (Fsp3) is 0.436. The van der Waals surface area contributed by atoms with Crippen molar-refractivity contribution in [1.82, 2.24) is 42.1 Å². The fourth-order valence-corrected chi connectivity index (χ4v) is 6.29. The zero-order valence-electron chi connectivity index (χ0n) is 33.6. The summed E-state index contributed by atoms with van der Waals surface area (Å²) >= 11 is 0. The highest BCUT2D eigenvalue weighted by atomic mass is 16.3. The Labute approximate surface area is 351 Å². The van der Waals surface area contributed by atoms with Gasteiger partial charge in [-0.05, 0) is 61.1 Å². The molecule has 22 nitrogen and oxygen atoms in total. The minimum atomic E-state index is -1.45. The Kier molecular flexibility index (Phi) is 18.9. The number of benzene rings is 2. The maximum Gasteiger partial charge on any atom is 0.244 e. The SMILES string of the molecule is C[C@H]1CC(=O)N([C@@H](Cc2ccc(O)cc2)C(=O)NC(Cc2ccc(O)cc2)C(=O)N[C@@H](CCCNC(=N)N)C(=O)NC(CCCNC(=N)N)C(=O)NCC(=O)NCC=O)C1=O. The molecule has 2 aromatic rings. The van der Waals surface area contributed by atoms with E-state index in [-0.39, 0.29) is 88.0 Å². The third kappa shape index (κ3) is 16.1. The molecule has 0 radical (unpaired) electrons. The van der Waals surface area contributed by atoms with E-state index >= 15 is 0 Å². The van der Waals surface area contributed by atoms with Crippen LogP contribution >= 0.6 is 0 Å². The molecule has 3 rings (SSSR count). The number of nitrogens with zero attached hydrogens (tertiary/aromatic N) is 1. The summed E-state index contributed by atoms with van der Waals surface area (Å²) < 4.78 is 0. The number of carbonyl (C=O) groups is 8. The van der Waals surface area contributed by atoms with E-state index in [0.717, 1.165) is 4.90 Å². The zero-order chi connectivity index (χ0) is 45.1. The number of phenols is 2. The van der Waals surface area contributed by atoms with Crippen LogP contribution in [0.5, 0.6) is 11.5 Å². The molecule has 5 atom stereocenters. The number of nitrogens with one attached hydrogen (secondary N) is 9. The highest BCUT2D eigenvalue weighted by molar-refractivity contribution is 6.07. The van der Waals surface area contributed by atoms with Crippen LogP contribution in [0.1, 0.15) is 50.2 Å². The average Bonchev–Trinajstić information content (AvgIpc) is 3.47. The number of aromatic hydroxyl groups is 2. The number of aldehydes is 1. The second kappa shape index (κ2) is 24.0. The second-order valence-electron chi connectivity index (χ2n) is 14.3. The fourth-order valence-electron chi connectivity index (χ4n) is 6.29. The Hall–Kier alpha value is -7.26. The van der Waals surface area contributed by atoms with Gasteiger partial charge in [0.05, 0.1) is 13.1 Å². The first-order valence-electron chi connectivity index (χ1n) is 19.5. The predicted molar refractivity (Wildman–Crippen MR) is 219 cm³/mol. The van der Waals surface area contributed by atoms with Crippen LogP contribution in [0.3, 0.4) is 0 Å². The van der Waals surface area contributed by atoms with E-state index in [1.165, 1.54) is 48.5 Å². The van der Waals surface area contributed by atoms with Crippen molar-refractivity contribution < 1.29 is 48.6 Å². The summed E-state index contributed by atoms with van der Waals surface area (Å²) in [5, 5.41) is 52.3. The molecule has 22 heteroatoms. The molecule has 2 unspecified atom stereocenters. The van der Waals surface area contributed by atoms with Gasteiger partial charge in [-0.15, -0.1) is 0 Å². The molecule has 1 heterocycles. The zero-order valence-corrected chi connectivity index (χ0v) is 33.6. The van der Waals surface area contributed by atoms with Gasteiger partial charge in [-0.1, -0.05) is 31.2 Å². The van der Waals surface area contributed by atoms with E-state index < -0.39 is 78.0 Å². The molecule has 0 saturated carbocycles. The summed E-state index contributed by atoms with van der Waals surface area (Å²) in [5.74, 6) is -6.73. The third-order valence-electron chi connectivity index (χ3n) is 9.44. The van der Waals surface area contributed by atoms with Gasteiger partial charge in [0, 0.05) is 38.3 Å². The molecule has 1 saturated heterocycles. The second-order valence-corrected chi connectivity index (χ2v) is 14.3. The summed E-state index contributed by atoms with van der Waals surface area (Å²) in [5.41, 5.74) is 11.7. The Morgan fingerprint density at radius 1 is 0.721 bits per heavy atom. The van der Waals surface area contributed by atoms with Crippen LogP contribution in [0.25, 0.3) is 0 Å². The van der Waals surface area contributed by atoms with Crippen molar-refractivity contribution in [2.75, 3.05) is 26.2 Å². The summed E-state index contributed by atoms with van der Waals surface area (Å²) in [6.07, 6.45) is 0.239. The van der Waals surface area contributed by atoms with Gasteiger partial charge in [-0.2, -0.15) is 0 Å². The highest BCUT2D eigenvalue weighted by Gasteiger charge is 2.43. The maximum atomic E-state index is 14.3. The minimum Gasteiger partial charge on any atom is -0.508 e. The van der Waals surface area contributed by atoms with Crippen LogP contribution in [0, 0.1) is 16.7 Å². The van der Waals surface area contributed by atoms with Crippen molar-refractivity contribution in [1.29, 1.82) is 10.8 Å². The first kappa shape index (κ1) is 48.1. The normalized spacial score (nSPS) is 15.3. The number of carbonyl (C=O) groups excluding carboxylic acids is 8. The Balaban J connectivity index is 1.95. The van der Waals surface area contributed by atoms with Gasteiger partial charge in [-0.3, -0.25) is 49.3 Å². The van der Waals surface area contributed by atoms with Crippen LogP contribution in [0.4, 0.5) is 0 Å². The van der Waals surface area contributed by atoms with E-state index in [1.54, 1.807) is 6.92 Å². The Morgan fingerprint density at radius 3 is 1.67 bits per heavy atom. The van der Waals surface area contributed by atoms with Crippen LogP contribution in [0.15, 0.2) is 48.5 Å². The van der Waals surface area contributed by atoms with Crippen LogP contribution < -0.4 is 48.7 Å².